The van der Waals surface area contributed by atoms with Gasteiger partial charge in [-0.3, -0.25) is 9.69 Å². The number of likely N-dealkylation sites (N-methyl/N-ethyl adjacent to an activating group) is 1. The first-order valence-electron chi connectivity index (χ1n) is 9.24. The summed E-state index contributed by atoms with van der Waals surface area (Å²) in [5.41, 5.74) is 1.05. The Bertz CT molecular complexity index is 578. The van der Waals surface area contributed by atoms with E-state index in [2.05, 4.69) is 29.0 Å². The Balaban J connectivity index is 1.96. The zero-order valence-electron chi connectivity index (χ0n) is 16.0. The third-order valence-corrected chi connectivity index (χ3v) is 4.55. The van der Waals surface area contributed by atoms with Gasteiger partial charge in [0.25, 0.3) is 0 Å². The van der Waals surface area contributed by atoms with Gasteiger partial charge in [0.15, 0.2) is 11.5 Å². The van der Waals surface area contributed by atoms with Gasteiger partial charge in [-0.15, -0.1) is 0 Å². The molecule has 0 aliphatic carbocycles. The molecule has 1 amide bonds. The fourth-order valence-corrected chi connectivity index (χ4v) is 3.04. The van der Waals surface area contributed by atoms with E-state index in [9.17, 15) is 9.90 Å². The van der Waals surface area contributed by atoms with Crippen molar-refractivity contribution in [3.05, 3.63) is 23.8 Å². The second-order valence-electron chi connectivity index (χ2n) is 6.50. The van der Waals surface area contributed by atoms with Crippen molar-refractivity contribution < 1.29 is 19.4 Å². The maximum Gasteiger partial charge on any atom is 0.234 e. The van der Waals surface area contributed by atoms with Crippen molar-refractivity contribution in [1.29, 1.82) is 0 Å². The lowest BCUT2D eigenvalue weighted by Crippen LogP contribution is -2.47. The molecule has 7 nitrogen and oxygen atoms in total. The van der Waals surface area contributed by atoms with Crippen LogP contribution in [0.3, 0.4) is 0 Å². The van der Waals surface area contributed by atoms with E-state index in [1.54, 1.807) is 7.11 Å². The van der Waals surface area contributed by atoms with Gasteiger partial charge in [-0.2, -0.15) is 0 Å². The predicted molar refractivity (Wildman–Crippen MR) is 101 cm³/mol. The van der Waals surface area contributed by atoms with Crippen LogP contribution in [0.1, 0.15) is 19.4 Å². The van der Waals surface area contributed by atoms with E-state index in [4.69, 9.17) is 9.47 Å². The zero-order chi connectivity index (χ0) is 18.9. The third kappa shape index (κ3) is 6.16. The molecule has 1 aliphatic rings. The van der Waals surface area contributed by atoms with Crippen LogP contribution < -0.4 is 14.8 Å². The van der Waals surface area contributed by atoms with Crippen LogP contribution in [0, 0.1) is 0 Å². The van der Waals surface area contributed by atoms with Gasteiger partial charge >= 0.3 is 0 Å². The topological polar surface area (TPSA) is 74.3 Å². The second kappa shape index (κ2) is 10.4. The number of hydrogen-bond donors (Lipinski definition) is 2. The summed E-state index contributed by atoms with van der Waals surface area (Å²) in [6, 6.07) is 5.77. The second-order valence-corrected chi connectivity index (χ2v) is 6.50. The number of hydrogen-bond acceptors (Lipinski definition) is 6. The van der Waals surface area contributed by atoms with Gasteiger partial charge in [0.05, 0.1) is 13.7 Å². The zero-order valence-corrected chi connectivity index (χ0v) is 16.0. The van der Waals surface area contributed by atoms with E-state index >= 15 is 0 Å². The first-order chi connectivity index (χ1) is 12.5. The molecule has 1 aromatic carbocycles. The molecule has 0 spiro atoms. The number of nitrogens with zero attached hydrogens (tertiary/aromatic N) is 2. The minimum absolute atomic E-state index is 0.0563. The fourth-order valence-electron chi connectivity index (χ4n) is 3.04. The number of aliphatic hydroxyl groups is 1. The van der Waals surface area contributed by atoms with E-state index < -0.39 is 6.10 Å². The molecule has 0 aromatic heterocycles. The van der Waals surface area contributed by atoms with Gasteiger partial charge in [-0.1, -0.05) is 19.9 Å². The molecular weight excluding hydrogens is 334 g/mol. The number of carbonyl (C=O) groups excluding carboxylic acids is 1. The Morgan fingerprint density at radius 3 is 2.73 bits per heavy atom. The molecule has 0 radical (unpaired) electrons. The fraction of sp³-hybridized carbons (Fsp3) is 0.632. The Hall–Kier alpha value is -1.83. The molecule has 2 rings (SSSR count). The third-order valence-electron chi connectivity index (χ3n) is 4.55. The monoisotopic (exact) mass is 365 g/mol. The summed E-state index contributed by atoms with van der Waals surface area (Å²) in [7, 11) is 1.60. The molecule has 7 heteroatoms. The summed E-state index contributed by atoms with van der Waals surface area (Å²) < 4.78 is 11.2. The van der Waals surface area contributed by atoms with Crippen LogP contribution in [0.2, 0.25) is 0 Å². The predicted octanol–water partition coefficient (Wildman–Crippen LogP) is 0.709. The smallest absolute Gasteiger partial charge is 0.234 e. The lowest BCUT2D eigenvalue weighted by Gasteiger charge is -2.26. The number of ether oxygens (including phenoxy) is 2. The lowest BCUT2D eigenvalue weighted by molar-refractivity contribution is -0.124. The van der Waals surface area contributed by atoms with Crippen LogP contribution in [0.25, 0.3) is 0 Å². The summed E-state index contributed by atoms with van der Waals surface area (Å²) in [5, 5.41) is 13.0. The van der Waals surface area contributed by atoms with E-state index in [1.165, 1.54) is 0 Å². The first kappa shape index (κ1) is 20.5. The number of rotatable bonds is 10. The number of benzene rings is 1. The number of carbonyl (C=O) groups is 1. The van der Waals surface area contributed by atoms with Crippen molar-refractivity contribution in [1.82, 2.24) is 15.1 Å². The number of methoxy groups -OCH3 is 1. The molecule has 146 valence electrons. The number of amides is 1. The molecular formula is C19H31N3O4. The molecule has 1 aliphatic heterocycles. The maximum absolute atomic E-state index is 11.5. The van der Waals surface area contributed by atoms with Crippen LogP contribution in [0.15, 0.2) is 18.2 Å². The Morgan fingerprint density at radius 2 is 2.08 bits per heavy atom. The minimum atomic E-state index is -0.561. The molecule has 1 heterocycles. The molecule has 1 saturated heterocycles. The van der Waals surface area contributed by atoms with Crippen molar-refractivity contribution in [2.24, 2.45) is 0 Å². The van der Waals surface area contributed by atoms with Crippen molar-refractivity contribution in [3.63, 3.8) is 0 Å². The Kier molecular flexibility index (Phi) is 8.15. The average Bonchev–Trinajstić information content (AvgIpc) is 2.64. The highest BCUT2D eigenvalue weighted by molar-refractivity contribution is 5.78. The molecule has 1 aromatic rings. The van der Waals surface area contributed by atoms with Crippen molar-refractivity contribution in [3.8, 4) is 11.5 Å². The summed E-state index contributed by atoms with van der Waals surface area (Å²) in [6.07, 6.45) is -0.561. The SMILES string of the molecule is CCN(CC)C[C@@H](O)COc1cc(CN2CCNC(=O)C2)ccc1OC. The summed E-state index contributed by atoms with van der Waals surface area (Å²) in [4.78, 5) is 15.8. The van der Waals surface area contributed by atoms with Crippen LogP contribution in [-0.2, 0) is 11.3 Å². The van der Waals surface area contributed by atoms with Crippen molar-refractivity contribution in [2.45, 2.75) is 26.5 Å². The average molecular weight is 365 g/mol. The molecule has 0 unspecified atom stereocenters. The molecule has 1 atom stereocenters. The largest absolute Gasteiger partial charge is 0.493 e. The van der Waals surface area contributed by atoms with Crippen LogP contribution in [-0.4, -0.2) is 79.9 Å². The van der Waals surface area contributed by atoms with Gasteiger partial charge in [-0.05, 0) is 30.8 Å². The summed E-state index contributed by atoms with van der Waals surface area (Å²) >= 11 is 0. The molecule has 26 heavy (non-hydrogen) atoms. The van der Waals surface area contributed by atoms with Crippen LogP contribution in [0.4, 0.5) is 0 Å². The number of piperazine rings is 1. The van der Waals surface area contributed by atoms with E-state index in [0.717, 1.165) is 25.2 Å². The summed E-state index contributed by atoms with van der Waals surface area (Å²) in [6.45, 7) is 9.33. The number of aliphatic hydroxyl groups excluding tert-OH is 1. The molecule has 0 saturated carbocycles. The normalized spacial score (nSPS) is 16.4. The Labute approximate surface area is 155 Å². The highest BCUT2D eigenvalue weighted by Gasteiger charge is 2.17. The Morgan fingerprint density at radius 1 is 1.31 bits per heavy atom. The van der Waals surface area contributed by atoms with Gasteiger partial charge < -0.3 is 24.8 Å². The van der Waals surface area contributed by atoms with E-state index in [1.807, 2.05) is 18.2 Å². The standard InChI is InChI=1S/C19H31N3O4/c1-4-21(5-2)12-16(23)14-26-18-10-15(6-7-17(18)25-3)11-22-9-8-20-19(24)13-22/h6-7,10,16,23H,4-5,8-9,11-14H2,1-3H3,(H,20,24)/t16-/m1/s1. The van der Waals surface area contributed by atoms with Crippen LogP contribution in [0.5, 0.6) is 11.5 Å². The highest BCUT2D eigenvalue weighted by Crippen LogP contribution is 2.28. The van der Waals surface area contributed by atoms with Crippen molar-refractivity contribution >= 4 is 5.91 Å². The molecule has 1 fully saturated rings. The van der Waals surface area contributed by atoms with Crippen molar-refractivity contribution in [2.75, 3.05) is 53.0 Å². The number of nitrogens with one attached hydrogen (secondary N) is 1. The van der Waals surface area contributed by atoms with E-state index in [-0.39, 0.29) is 12.5 Å². The van der Waals surface area contributed by atoms with Crippen LogP contribution >= 0.6 is 0 Å². The quantitative estimate of drug-likeness (QED) is 0.636. The molecule has 0 bridgehead atoms. The van der Waals surface area contributed by atoms with Gasteiger partial charge in [0.2, 0.25) is 5.91 Å². The maximum atomic E-state index is 11.5. The van der Waals surface area contributed by atoms with Gasteiger partial charge in [-0.25, -0.2) is 0 Å². The van der Waals surface area contributed by atoms with Gasteiger partial charge in [0, 0.05) is 26.2 Å². The molecule has 2 N–H and O–H groups in total. The van der Waals surface area contributed by atoms with Gasteiger partial charge in [0.1, 0.15) is 12.7 Å². The minimum Gasteiger partial charge on any atom is -0.493 e. The summed E-state index contributed by atoms with van der Waals surface area (Å²) in [5.74, 6) is 1.31. The first-order valence-corrected chi connectivity index (χ1v) is 9.24. The van der Waals surface area contributed by atoms with E-state index in [0.29, 0.717) is 37.7 Å². The lowest BCUT2D eigenvalue weighted by atomic mass is 10.1. The highest BCUT2D eigenvalue weighted by atomic mass is 16.5.